The van der Waals surface area contributed by atoms with Gasteiger partial charge in [0.1, 0.15) is 11.8 Å². The number of hydrogen-bond acceptors (Lipinski definition) is 5. The highest BCUT2D eigenvalue weighted by atomic mass is 32.2. The zero-order valence-corrected chi connectivity index (χ0v) is 20.2. The van der Waals surface area contributed by atoms with Crippen LogP contribution in [0.5, 0.6) is 5.75 Å². The number of nitrogens with zero attached hydrogens (tertiary/aromatic N) is 4. The molecule has 2 aliphatic heterocycles. The minimum Gasteiger partial charge on any atom is -0.497 e. The van der Waals surface area contributed by atoms with Crippen LogP contribution in [0, 0.1) is 20.8 Å². The van der Waals surface area contributed by atoms with E-state index in [1.165, 1.54) is 27.7 Å². The molecule has 3 aromatic rings. The summed E-state index contributed by atoms with van der Waals surface area (Å²) in [6.45, 7) is 9.01. The fourth-order valence-corrected chi connectivity index (χ4v) is 6.56. The summed E-state index contributed by atoms with van der Waals surface area (Å²) in [5.74, 6) is 1.98. The molecule has 0 spiro atoms. The number of ether oxygens (including phenoxy) is 1. The van der Waals surface area contributed by atoms with E-state index in [1.807, 2.05) is 36.2 Å². The normalized spacial score (nSPS) is 22.2. The molecular weight excluding hydrogens is 416 g/mol. The molecule has 0 bridgehead atoms. The average Bonchev–Trinajstić information content (AvgIpc) is 3.46. The van der Waals surface area contributed by atoms with E-state index in [1.54, 1.807) is 7.11 Å². The summed E-state index contributed by atoms with van der Waals surface area (Å²) >= 11 is 1.89. The first-order chi connectivity index (χ1) is 15.5. The second kappa shape index (κ2) is 8.32. The predicted molar refractivity (Wildman–Crippen MR) is 132 cm³/mol. The summed E-state index contributed by atoms with van der Waals surface area (Å²) in [6.07, 6.45) is 3.00. The molecule has 5 nitrogen and oxygen atoms in total. The first-order valence-electron chi connectivity index (χ1n) is 11.3. The number of aliphatic imine (C=N–C) groups is 1. The summed E-state index contributed by atoms with van der Waals surface area (Å²) in [4.78, 5) is 12.5. The third-order valence-electron chi connectivity index (χ3n) is 6.96. The highest BCUT2D eigenvalue weighted by Gasteiger charge is 2.47. The van der Waals surface area contributed by atoms with Crippen LogP contribution in [0.4, 0.5) is 0 Å². The summed E-state index contributed by atoms with van der Waals surface area (Å²) in [5, 5.41) is 1.17. The number of rotatable bonds is 5. The Morgan fingerprint density at radius 2 is 1.84 bits per heavy atom. The maximum absolute atomic E-state index is 5.37. The van der Waals surface area contributed by atoms with E-state index >= 15 is 0 Å². The molecule has 3 atom stereocenters. The lowest BCUT2D eigenvalue weighted by Gasteiger charge is -2.32. The molecule has 0 saturated carbocycles. The summed E-state index contributed by atoms with van der Waals surface area (Å²) in [5.41, 5.74) is 7.48. The molecule has 2 aliphatic rings. The average molecular weight is 447 g/mol. The van der Waals surface area contributed by atoms with Crippen molar-refractivity contribution >= 4 is 16.9 Å². The van der Waals surface area contributed by atoms with Crippen molar-refractivity contribution in [2.45, 2.75) is 52.2 Å². The molecule has 166 valence electrons. The van der Waals surface area contributed by atoms with Crippen molar-refractivity contribution in [3.8, 4) is 11.4 Å². The van der Waals surface area contributed by atoms with Gasteiger partial charge in [-0.1, -0.05) is 24.8 Å². The maximum Gasteiger partial charge on any atom is 0.160 e. The number of methoxy groups -OCH3 is 1. The lowest BCUT2D eigenvalue weighted by Crippen LogP contribution is -2.35. The Kier molecular flexibility index (Phi) is 5.49. The van der Waals surface area contributed by atoms with Gasteiger partial charge in [0.15, 0.2) is 5.17 Å². The van der Waals surface area contributed by atoms with Gasteiger partial charge in [0.05, 0.1) is 18.8 Å². The van der Waals surface area contributed by atoms with Crippen LogP contribution in [0.1, 0.15) is 53.6 Å². The quantitative estimate of drug-likeness (QED) is 0.498. The van der Waals surface area contributed by atoms with E-state index in [0.717, 1.165) is 29.3 Å². The molecule has 6 heteroatoms. The highest BCUT2D eigenvalue weighted by Crippen LogP contribution is 2.50. The van der Waals surface area contributed by atoms with Gasteiger partial charge in [-0.3, -0.25) is 9.98 Å². The van der Waals surface area contributed by atoms with Gasteiger partial charge in [-0.15, -0.1) is 0 Å². The minimum absolute atomic E-state index is 0.0107. The smallest absolute Gasteiger partial charge is 0.160 e. The zero-order chi connectivity index (χ0) is 22.4. The van der Waals surface area contributed by atoms with Crippen LogP contribution in [0.25, 0.3) is 5.69 Å². The Bertz CT molecular complexity index is 1150. The van der Waals surface area contributed by atoms with Gasteiger partial charge < -0.3 is 14.2 Å². The molecular formula is C26H30N4OS. The van der Waals surface area contributed by atoms with Gasteiger partial charge in [-0.05, 0) is 69.2 Å². The third-order valence-corrected chi connectivity index (χ3v) is 8.09. The number of fused-ring (bicyclic) bond motifs is 1. The van der Waals surface area contributed by atoms with E-state index < -0.39 is 0 Å². The molecule has 0 radical (unpaired) electrons. The van der Waals surface area contributed by atoms with Crippen molar-refractivity contribution in [2.75, 3.05) is 12.9 Å². The largest absolute Gasteiger partial charge is 0.497 e. The number of thioether (sulfide) groups is 1. The van der Waals surface area contributed by atoms with E-state index in [9.17, 15) is 0 Å². The van der Waals surface area contributed by atoms with Crippen molar-refractivity contribution in [2.24, 2.45) is 4.99 Å². The summed E-state index contributed by atoms with van der Waals surface area (Å²) in [6, 6.07) is 15.2. The minimum atomic E-state index is 0.0107. The Morgan fingerprint density at radius 1 is 1.06 bits per heavy atom. The Labute approximate surface area is 194 Å². The van der Waals surface area contributed by atoms with E-state index in [4.69, 9.17) is 14.7 Å². The Hall–Kier alpha value is -2.73. The van der Waals surface area contributed by atoms with Crippen molar-refractivity contribution < 1.29 is 4.74 Å². The molecule has 0 aliphatic carbocycles. The molecule has 4 heterocycles. The number of amidine groups is 1. The van der Waals surface area contributed by atoms with Crippen LogP contribution in [0.3, 0.4) is 0 Å². The lowest BCUT2D eigenvalue weighted by atomic mass is 9.92. The van der Waals surface area contributed by atoms with Crippen LogP contribution >= 0.6 is 11.8 Å². The van der Waals surface area contributed by atoms with Crippen molar-refractivity contribution in [1.82, 2.24) is 14.5 Å². The molecule has 0 amide bonds. The number of benzene rings is 1. The fourth-order valence-electron chi connectivity index (χ4n) is 5.22. The summed E-state index contributed by atoms with van der Waals surface area (Å²) < 4.78 is 7.75. The molecule has 1 saturated heterocycles. The van der Waals surface area contributed by atoms with Crippen molar-refractivity contribution in [3.63, 3.8) is 0 Å². The van der Waals surface area contributed by atoms with E-state index in [2.05, 4.69) is 61.4 Å². The number of pyridine rings is 1. The second-order valence-corrected chi connectivity index (χ2v) is 9.57. The molecule has 2 aromatic heterocycles. The topological polar surface area (TPSA) is 42.6 Å². The van der Waals surface area contributed by atoms with Gasteiger partial charge in [0.2, 0.25) is 0 Å². The summed E-state index contributed by atoms with van der Waals surface area (Å²) in [7, 11) is 1.71. The van der Waals surface area contributed by atoms with Gasteiger partial charge in [-0.25, -0.2) is 0 Å². The maximum atomic E-state index is 5.37. The molecule has 0 unspecified atom stereocenters. The van der Waals surface area contributed by atoms with E-state index in [0.29, 0.717) is 6.04 Å². The standard InChI is InChI=1S/C26H30N4OS/c1-6-19-15-32-26-28-24(22-9-7-8-14-27-22)25(30(19)26)23-16(2)17(3)29(18(23)4)20-10-12-21(31-5)13-11-20/h7-14,19,24-25H,6,15H2,1-5H3/t19-,24+,25+/m0/s1. The Balaban J connectivity index is 1.66. The Morgan fingerprint density at radius 3 is 2.50 bits per heavy atom. The van der Waals surface area contributed by atoms with E-state index in [-0.39, 0.29) is 12.1 Å². The molecule has 0 N–H and O–H groups in total. The number of aromatic nitrogens is 2. The molecule has 32 heavy (non-hydrogen) atoms. The van der Waals surface area contributed by atoms with Crippen molar-refractivity contribution in [1.29, 1.82) is 0 Å². The van der Waals surface area contributed by atoms with Gasteiger partial charge in [0.25, 0.3) is 0 Å². The number of hydrogen-bond donors (Lipinski definition) is 0. The molecule has 1 fully saturated rings. The SMILES string of the molecule is CC[C@H]1CSC2=N[C@H](c3ccccn3)[C@@H](c3c(C)c(C)n(-c4ccc(OC)cc4)c3C)N21. The monoisotopic (exact) mass is 446 g/mol. The third kappa shape index (κ3) is 3.24. The van der Waals surface area contributed by atoms with Crippen LogP contribution < -0.4 is 4.74 Å². The second-order valence-electron chi connectivity index (χ2n) is 8.58. The lowest BCUT2D eigenvalue weighted by molar-refractivity contribution is 0.254. The van der Waals surface area contributed by atoms with Crippen LogP contribution in [0.2, 0.25) is 0 Å². The predicted octanol–water partition coefficient (Wildman–Crippen LogP) is 5.79. The first kappa shape index (κ1) is 21.1. The molecule has 1 aromatic carbocycles. The van der Waals surface area contributed by atoms with Crippen LogP contribution in [-0.2, 0) is 0 Å². The van der Waals surface area contributed by atoms with Gasteiger partial charge in [0, 0.05) is 40.6 Å². The van der Waals surface area contributed by atoms with Crippen LogP contribution in [-0.4, -0.2) is 38.5 Å². The van der Waals surface area contributed by atoms with Gasteiger partial charge >= 0.3 is 0 Å². The van der Waals surface area contributed by atoms with Crippen molar-refractivity contribution in [3.05, 3.63) is 76.9 Å². The van der Waals surface area contributed by atoms with Gasteiger partial charge in [-0.2, -0.15) is 0 Å². The molecule has 5 rings (SSSR count). The first-order valence-corrected chi connectivity index (χ1v) is 12.3. The zero-order valence-electron chi connectivity index (χ0n) is 19.4. The highest BCUT2D eigenvalue weighted by molar-refractivity contribution is 8.14. The fraction of sp³-hybridized carbons (Fsp3) is 0.385. The van der Waals surface area contributed by atoms with Crippen LogP contribution in [0.15, 0.2) is 53.7 Å².